The van der Waals surface area contributed by atoms with Gasteiger partial charge in [0.15, 0.2) is 0 Å². The van der Waals surface area contributed by atoms with Crippen molar-refractivity contribution in [2.24, 2.45) is 0 Å². The van der Waals surface area contributed by atoms with E-state index in [4.69, 9.17) is 4.74 Å². The van der Waals surface area contributed by atoms with E-state index in [9.17, 15) is 0 Å². The Hall–Kier alpha value is -1.81. The van der Waals surface area contributed by atoms with Crippen LogP contribution in [-0.4, -0.2) is 22.2 Å². The van der Waals surface area contributed by atoms with Gasteiger partial charge in [0.2, 0.25) is 0 Å². The molecule has 1 N–H and O–H groups in total. The number of hydrogen-bond donors (Lipinski definition) is 1. The lowest BCUT2D eigenvalue weighted by Crippen LogP contribution is -2.35. The van der Waals surface area contributed by atoms with Crippen molar-refractivity contribution in [3.05, 3.63) is 42.0 Å². The van der Waals surface area contributed by atoms with Crippen LogP contribution in [0, 0.1) is 6.92 Å². The molecule has 0 fully saturated rings. The zero-order valence-electron chi connectivity index (χ0n) is 12.9. The minimum Gasteiger partial charge on any atom is -0.496 e. The Balaban J connectivity index is 2.25. The van der Waals surface area contributed by atoms with E-state index < -0.39 is 0 Å². The van der Waals surface area contributed by atoms with E-state index >= 15 is 0 Å². The van der Waals surface area contributed by atoms with Crippen molar-refractivity contribution in [2.75, 3.05) is 7.11 Å². The van der Waals surface area contributed by atoms with E-state index in [2.05, 4.69) is 41.7 Å². The van der Waals surface area contributed by atoms with Crippen LogP contribution < -0.4 is 10.1 Å². The third-order valence-electron chi connectivity index (χ3n) is 3.17. The Morgan fingerprint density at radius 2 is 2.05 bits per heavy atom. The summed E-state index contributed by atoms with van der Waals surface area (Å²) >= 11 is 0. The van der Waals surface area contributed by atoms with Gasteiger partial charge in [-0.25, -0.2) is 4.98 Å². The van der Waals surface area contributed by atoms with Crippen LogP contribution in [0.1, 0.15) is 32.0 Å². The fourth-order valence-electron chi connectivity index (χ4n) is 2.05. The van der Waals surface area contributed by atoms with E-state index in [1.54, 1.807) is 7.11 Å². The summed E-state index contributed by atoms with van der Waals surface area (Å²) in [7, 11) is 1.69. The summed E-state index contributed by atoms with van der Waals surface area (Å²) in [5.41, 5.74) is 3.45. The molecule has 0 atom stereocenters. The zero-order valence-corrected chi connectivity index (χ0v) is 12.9. The highest BCUT2D eigenvalue weighted by Gasteiger charge is 2.11. The highest BCUT2D eigenvalue weighted by Crippen LogP contribution is 2.21. The Bertz CT molecular complexity index is 582. The zero-order chi connectivity index (χ0) is 14.8. The minimum atomic E-state index is 0.0882. The molecule has 2 aromatic rings. The fourth-order valence-corrected chi connectivity index (χ4v) is 2.05. The fraction of sp³-hybridized carbons (Fsp3) is 0.438. The second-order valence-corrected chi connectivity index (χ2v) is 6.01. The van der Waals surface area contributed by atoms with Gasteiger partial charge in [0.05, 0.1) is 19.1 Å². The summed E-state index contributed by atoms with van der Waals surface area (Å²) in [6.07, 6.45) is 3.75. The number of rotatable bonds is 4. The molecule has 0 saturated heterocycles. The standard InChI is InChI=1S/C16H23N3O/c1-12-8-13(6-7-15(12)20-5)19-11-17-9-14(19)10-18-16(2,3)4/h6-9,11,18H,10H2,1-5H3. The van der Waals surface area contributed by atoms with Crippen LogP contribution in [0.4, 0.5) is 0 Å². The van der Waals surface area contributed by atoms with Gasteiger partial charge in [-0.05, 0) is 51.5 Å². The SMILES string of the molecule is COc1ccc(-n2cncc2CNC(C)(C)C)cc1C. The molecule has 4 nitrogen and oxygen atoms in total. The highest BCUT2D eigenvalue weighted by molar-refractivity contribution is 5.44. The number of aryl methyl sites for hydroxylation is 1. The van der Waals surface area contributed by atoms with E-state index in [0.717, 1.165) is 29.2 Å². The number of aromatic nitrogens is 2. The molecule has 0 bridgehead atoms. The summed E-state index contributed by atoms with van der Waals surface area (Å²) in [6.45, 7) is 9.31. The second kappa shape index (κ2) is 5.67. The lowest BCUT2D eigenvalue weighted by molar-refractivity contribution is 0.411. The minimum absolute atomic E-state index is 0.0882. The number of nitrogens with zero attached hydrogens (tertiary/aromatic N) is 2. The van der Waals surface area contributed by atoms with Crippen molar-refractivity contribution in [2.45, 2.75) is 39.8 Å². The first-order valence-electron chi connectivity index (χ1n) is 6.82. The van der Waals surface area contributed by atoms with Crippen LogP contribution in [0.3, 0.4) is 0 Å². The molecule has 1 heterocycles. The molecule has 0 aliphatic heterocycles. The molecule has 0 saturated carbocycles. The molecule has 20 heavy (non-hydrogen) atoms. The molecule has 0 aliphatic rings. The summed E-state index contributed by atoms with van der Waals surface area (Å²) < 4.78 is 7.40. The van der Waals surface area contributed by atoms with E-state index in [0.29, 0.717) is 0 Å². The molecule has 0 amide bonds. The third-order valence-corrected chi connectivity index (χ3v) is 3.17. The van der Waals surface area contributed by atoms with Crippen LogP contribution in [0.25, 0.3) is 5.69 Å². The van der Waals surface area contributed by atoms with Gasteiger partial charge in [-0.3, -0.25) is 0 Å². The van der Waals surface area contributed by atoms with E-state index in [1.807, 2.05) is 31.6 Å². The van der Waals surface area contributed by atoms with Crippen LogP contribution in [-0.2, 0) is 6.54 Å². The van der Waals surface area contributed by atoms with Gasteiger partial charge in [-0.15, -0.1) is 0 Å². The average Bonchev–Trinajstić information content (AvgIpc) is 2.83. The van der Waals surface area contributed by atoms with Gasteiger partial charge in [-0.2, -0.15) is 0 Å². The Morgan fingerprint density at radius 1 is 1.30 bits per heavy atom. The highest BCUT2D eigenvalue weighted by atomic mass is 16.5. The van der Waals surface area contributed by atoms with Crippen LogP contribution >= 0.6 is 0 Å². The predicted octanol–water partition coefficient (Wildman–Crippen LogP) is 3.08. The first-order chi connectivity index (χ1) is 9.40. The smallest absolute Gasteiger partial charge is 0.121 e. The number of methoxy groups -OCH3 is 1. The molecule has 0 aliphatic carbocycles. The number of benzene rings is 1. The van der Waals surface area contributed by atoms with E-state index in [-0.39, 0.29) is 5.54 Å². The molecular formula is C16H23N3O. The van der Waals surface area contributed by atoms with Crippen molar-refractivity contribution in [1.29, 1.82) is 0 Å². The molecule has 108 valence electrons. The van der Waals surface area contributed by atoms with Gasteiger partial charge in [-0.1, -0.05) is 0 Å². The predicted molar refractivity (Wildman–Crippen MR) is 81.4 cm³/mol. The van der Waals surface area contributed by atoms with E-state index in [1.165, 1.54) is 0 Å². The van der Waals surface area contributed by atoms with Gasteiger partial charge >= 0.3 is 0 Å². The van der Waals surface area contributed by atoms with Gasteiger partial charge in [0.1, 0.15) is 5.75 Å². The first kappa shape index (κ1) is 14.6. The maximum Gasteiger partial charge on any atom is 0.121 e. The quantitative estimate of drug-likeness (QED) is 0.930. The average molecular weight is 273 g/mol. The van der Waals surface area contributed by atoms with Gasteiger partial charge in [0.25, 0.3) is 0 Å². The number of ether oxygens (including phenoxy) is 1. The van der Waals surface area contributed by atoms with Crippen molar-refractivity contribution >= 4 is 0 Å². The van der Waals surface area contributed by atoms with Crippen molar-refractivity contribution in [3.8, 4) is 11.4 Å². The van der Waals surface area contributed by atoms with Crippen LogP contribution in [0.2, 0.25) is 0 Å². The Morgan fingerprint density at radius 3 is 2.65 bits per heavy atom. The van der Waals surface area contributed by atoms with Crippen LogP contribution in [0.5, 0.6) is 5.75 Å². The molecule has 2 rings (SSSR count). The number of imidazole rings is 1. The number of hydrogen-bond acceptors (Lipinski definition) is 3. The largest absolute Gasteiger partial charge is 0.496 e. The lowest BCUT2D eigenvalue weighted by atomic mass is 10.1. The monoisotopic (exact) mass is 273 g/mol. The Labute approximate surface area is 120 Å². The molecule has 1 aromatic carbocycles. The summed E-state index contributed by atoms with van der Waals surface area (Å²) in [5.74, 6) is 0.906. The van der Waals surface area contributed by atoms with Crippen molar-refractivity contribution in [1.82, 2.24) is 14.9 Å². The van der Waals surface area contributed by atoms with Crippen LogP contribution in [0.15, 0.2) is 30.7 Å². The molecular weight excluding hydrogens is 250 g/mol. The summed E-state index contributed by atoms with van der Waals surface area (Å²) in [5, 5.41) is 3.49. The van der Waals surface area contributed by atoms with Crippen molar-refractivity contribution < 1.29 is 4.74 Å². The summed E-state index contributed by atoms with van der Waals surface area (Å²) in [6, 6.07) is 6.15. The lowest BCUT2D eigenvalue weighted by Gasteiger charge is -2.21. The molecule has 0 radical (unpaired) electrons. The van der Waals surface area contributed by atoms with Crippen molar-refractivity contribution in [3.63, 3.8) is 0 Å². The Kier molecular flexibility index (Phi) is 4.14. The number of nitrogens with one attached hydrogen (secondary N) is 1. The second-order valence-electron chi connectivity index (χ2n) is 6.01. The molecule has 1 aromatic heterocycles. The third kappa shape index (κ3) is 3.39. The topological polar surface area (TPSA) is 39.1 Å². The maximum absolute atomic E-state index is 5.30. The van der Waals surface area contributed by atoms with Gasteiger partial charge < -0.3 is 14.6 Å². The summed E-state index contributed by atoms with van der Waals surface area (Å²) in [4.78, 5) is 4.26. The first-order valence-corrected chi connectivity index (χ1v) is 6.82. The van der Waals surface area contributed by atoms with Gasteiger partial charge in [0, 0.05) is 24.0 Å². The molecule has 0 spiro atoms. The molecule has 4 heteroatoms. The molecule has 0 unspecified atom stereocenters. The maximum atomic E-state index is 5.30. The normalized spacial score (nSPS) is 11.7.